The quantitative estimate of drug-likeness (QED) is 0.745. The number of nitrogens with zero attached hydrogens (tertiary/aromatic N) is 1. The van der Waals surface area contributed by atoms with E-state index < -0.39 is 0 Å². The molecule has 0 radical (unpaired) electrons. The summed E-state index contributed by atoms with van der Waals surface area (Å²) in [6.45, 7) is 6.02. The Morgan fingerprint density at radius 2 is 2.62 bits per heavy atom. The molecule has 1 aromatic rings. The highest BCUT2D eigenvalue weighted by Crippen LogP contribution is 2.19. The van der Waals surface area contributed by atoms with E-state index in [0.29, 0.717) is 12.1 Å². The number of aromatic nitrogens is 2. The molecule has 1 aromatic heterocycles. The third kappa shape index (κ3) is 2.73. The largest absolute Gasteiger partial charge is 0.311 e. The monoisotopic (exact) mass is 219 g/mol. The van der Waals surface area contributed by atoms with Crippen LogP contribution in [0.25, 0.3) is 0 Å². The summed E-state index contributed by atoms with van der Waals surface area (Å²) >= 11 is 0. The lowest BCUT2D eigenvalue weighted by molar-refractivity contribution is 0.394. The number of fused-ring (bicyclic) bond motifs is 1. The average molecular weight is 219 g/mol. The van der Waals surface area contributed by atoms with Crippen LogP contribution in [0.1, 0.15) is 37.4 Å². The highest BCUT2D eigenvalue weighted by molar-refractivity contribution is 5.21. The number of hydrogen-bond donors (Lipinski definition) is 2. The van der Waals surface area contributed by atoms with E-state index in [0.717, 1.165) is 19.3 Å². The van der Waals surface area contributed by atoms with E-state index in [2.05, 4.69) is 29.0 Å². The van der Waals surface area contributed by atoms with Gasteiger partial charge in [-0.25, -0.2) is 0 Å². The smallest absolute Gasteiger partial charge is 0.0522 e. The maximum atomic E-state index is 4.10. The van der Waals surface area contributed by atoms with E-state index >= 15 is 0 Å². The van der Waals surface area contributed by atoms with Gasteiger partial charge in [0, 0.05) is 17.8 Å². The zero-order valence-electron chi connectivity index (χ0n) is 10.00. The van der Waals surface area contributed by atoms with Gasteiger partial charge < -0.3 is 5.32 Å². The fourth-order valence-corrected chi connectivity index (χ4v) is 2.41. The van der Waals surface area contributed by atoms with Crippen molar-refractivity contribution >= 4 is 0 Å². The fourth-order valence-electron chi connectivity index (χ4n) is 2.41. The molecule has 2 N–H and O–H groups in total. The summed E-state index contributed by atoms with van der Waals surface area (Å²) in [5.74, 6) is 0. The summed E-state index contributed by atoms with van der Waals surface area (Å²) in [6, 6.07) is 1.20. The van der Waals surface area contributed by atoms with Crippen molar-refractivity contribution in [1.82, 2.24) is 15.5 Å². The molecule has 1 heterocycles. The van der Waals surface area contributed by atoms with E-state index in [1.165, 1.54) is 24.1 Å². The molecule has 2 atom stereocenters. The van der Waals surface area contributed by atoms with E-state index in [1.54, 1.807) is 0 Å². The van der Waals surface area contributed by atoms with Crippen LogP contribution in [0.5, 0.6) is 0 Å². The van der Waals surface area contributed by atoms with Gasteiger partial charge in [-0.2, -0.15) is 5.10 Å². The molecule has 1 aliphatic rings. The number of allylic oxidation sites excluding steroid dienone is 1. The molecule has 0 aromatic carbocycles. The normalized spacial score (nSPS) is 21.4. The molecule has 0 bridgehead atoms. The number of hydrogen-bond acceptors (Lipinski definition) is 2. The molecule has 0 saturated carbocycles. The molecular weight excluding hydrogens is 198 g/mol. The van der Waals surface area contributed by atoms with Gasteiger partial charge >= 0.3 is 0 Å². The Hall–Kier alpha value is -1.09. The highest BCUT2D eigenvalue weighted by Gasteiger charge is 2.20. The minimum absolute atomic E-state index is 0.580. The van der Waals surface area contributed by atoms with Crippen molar-refractivity contribution < 1.29 is 0 Å². The number of aromatic amines is 1. The van der Waals surface area contributed by atoms with Crippen molar-refractivity contribution in [3.8, 4) is 0 Å². The molecule has 2 rings (SSSR count). The minimum Gasteiger partial charge on any atom is -0.311 e. The Kier molecular flexibility index (Phi) is 3.78. The molecule has 0 amide bonds. The molecule has 16 heavy (non-hydrogen) atoms. The first-order valence-electron chi connectivity index (χ1n) is 6.17. The van der Waals surface area contributed by atoms with Gasteiger partial charge in [0.15, 0.2) is 0 Å². The SMILES string of the molecule is C=CCCC(C)NC1CCc2[nH]ncc2C1. The zero-order chi connectivity index (χ0) is 11.4. The molecule has 3 heteroatoms. The number of aryl methyl sites for hydroxylation is 1. The summed E-state index contributed by atoms with van der Waals surface area (Å²) in [6.07, 6.45) is 9.69. The average Bonchev–Trinajstić information content (AvgIpc) is 2.73. The van der Waals surface area contributed by atoms with E-state index in [1.807, 2.05) is 12.3 Å². The Bertz CT molecular complexity index is 343. The van der Waals surface area contributed by atoms with Gasteiger partial charge in [0.25, 0.3) is 0 Å². The standard InChI is InChI=1S/C13H21N3/c1-3-4-5-10(2)15-12-6-7-13-11(8-12)9-14-16-13/h3,9-10,12,15H,1,4-8H2,2H3,(H,14,16). The summed E-state index contributed by atoms with van der Waals surface area (Å²) in [7, 11) is 0. The molecule has 0 fully saturated rings. The second kappa shape index (κ2) is 5.30. The minimum atomic E-state index is 0.580. The third-order valence-electron chi connectivity index (χ3n) is 3.34. The van der Waals surface area contributed by atoms with Crippen LogP contribution < -0.4 is 5.32 Å². The number of nitrogens with one attached hydrogen (secondary N) is 2. The first-order valence-corrected chi connectivity index (χ1v) is 6.17. The van der Waals surface area contributed by atoms with Crippen LogP contribution in [0.2, 0.25) is 0 Å². The lowest BCUT2D eigenvalue weighted by Gasteiger charge is -2.26. The summed E-state index contributed by atoms with van der Waals surface area (Å²) in [4.78, 5) is 0. The Labute approximate surface area is 97.3 Å². The van der Waals surface area contributed by atoms with Crippen LogP contribution in [-0.4, -0.2) is 22.3 Å². The second-order valence-electron chi connectivity index (χ2n) is 4.75. The molecule has 0 aliphatic heterocycles. The van der Waals surface area contributed by atoms with Gasteiger partial charge in [-0.3, -0.25) is 5.10 Å². The first-order chi connectivity index (χ1) is 7.79. The lowest BCUT2D eigenvalue weighted by atomic mass is 9.93. The van der Waals surface area contributed by atoms with Gasteiger partial charge in [-0.1, -0.05) is 6.08 Å². The van der Waals surface area contributed by atoms with Crippen LogP contribution in [0.15, 0.2) is 18.9 Å². The molecule has 3 nitrogen and oxygen atoms in total. The third-order valence-corrected chi connectivity index (χ3v) is 3.34. The first kappa shape index (κ1) is 11.4. The Morgan fingerprint density at radius 1 is 1.75 bits per heavy atom. The van der Waals surface area contributed by atoms with Crippen molar-refractivity contribution in [3.05, 3.63) is 30.1 Å². The van der Waals surface area contributed by atoms with Crippen molar-refractivity contribution in [2.75, 3.05) is 0 Å². The number of H-pyrrole nitrogens is 1. The second-order valence-corrected chi connectivity index (χ2v) is 4.75. The molecule has 88 valence electrons. The van der Waals surface area contributed by atoms with E-state index in [-0.39, 0.29) is 0 Å². The maximum absolute atomic E-state index is 4.10. The predicted molar refractivity (Wildman–Crippen MR) is 66.4 cm³/mol. The Balaban J connectivity index is 1.82. The van der Waals surface area contributed by atoms with Gasteiger partial charge in [0.05, 0.1) is 6.20 Å². The van der Waals surface area contributed by atoms with E-state index in [4.69, 9.17) is 0 Å². The molecular formula is C13H21N3. The van der Waals surface area contributed by atoms with Crippen LogP contribution in [0.4, 0.5) is 0 Å². The number of rotatable bonds is 5. The summed E-state index contributed by atoms with van der Waals surface area (Å²) in [5, 5.41) is 10.9. The predicted octanol–water partition coefficient (Wildman–Crippen LogP) is 2.21. The van der Waals surface area contributed by atoms with Crippen molar-refractivity contribution in [2.45, 2.75) is 51.1 Å². The molecule has 0 saturated heterocycles. The van der Waals surface area contributed by atoms with Gasteiger partial charge in [-0.15, -0.1) is 6.58 Å². The zero-order valence-corrected chi connectivity index (χ0v) is 10.00. The van der Waals surface area contributed by atoms with Crippen LogP contribution in [0.3, 0.4) is 0 Å². The van der Waals surface area contributed by atoms with Crippen LogP contribution in [0, 0.1) is 0 Å². The van der Waals surface area contributed by atoms with Gasteiger partial charge in [-0.05, 0) is 44.6 Å². The molecule has 2 unspecified atom stereocenters. The van der Waals surface area contributed by atoms with Gasteiger partial charge in [0.1, 0.15) is 0 Å². The van der Waals surface area contributed by atoms with Crippen molar-refractivity contribution in [2.24, 2.45) is 0 Å². The maximum Gasteiger partial charge on any atom is 0.0522 e. The summed E-state index contributed by atoms with van der Waals surface area (Å²) < 4.78 is 0. The van der Waals surface area contributed by atoms with Crippen LogP contribution >= 0.6 is 0 Å². The highest BCUT2D eigenvalue weighted by atomic mass is 15.1. The Morgan fingerprint density at radius 3 is 3.44 bits per heavy atom. The molecule has 0 spiro atoms. The topological polar surface area (TPSA) is 40.7 Å². The summed E-state index contributed by atoms with van der Waals surface area (Å²) in [5.41, 5.74) is 2.72. The van der Waals surface area contributed by atoms with Crippen LogP contribution in [-0.2, 0) is 12.8 Å². The van der Waals surface area contributed by atoms with E-state index in [9.17, 15) is 0 Å². The van der Waals surface area contributed by atoms with Crippen molar-refractivity contribution in [3.63, 3.8) is 0 Å². The van der Waals surface area contributed by atoms with Gasteiger partial charge in [0.2, 0.25) is 0 Å². The fraction of sp³-hybridized carbons (Fsp3) is 0.615. The molecule has 1 aliphatic carbocycles. The lowest BCUT2D eigenvalue weighted by Crippen LogP contribution is -2.40. The van der Waals surface area contributed by atoms with Crippen molar-refractivity contribution in [1.29, 1.82) is 0 Å².